The summed E-state index contributed by atoms with van der Waals surface area (Å²) in [5.74, 6) is 0. The van der Waals surface area contributed by atoms with Gasteiger partial charge < -0.3 is 10.2 Å². The van der Waals surface area contributed by atoms with E-state index in [1.165, 1.54) is 16.9 Å². The third kappa shape index (κ3) is 3.75. The van der Waals surface area contributed by atoms with E-state index in [0.717, 1.165) is 19.6 Å². The standard InChI is InChI=1S/C17H22N2/c1-3-19(16-10-5-4-6-11-16)14-13-18-17-12-8-7-9-15(17)2/h4-12,18H,3,13-14H2,1-2H3. The monoisotopic (exact) mass is 254 g/mol. The summed E-state index contributed by atoms with van der Waals surface area (Å²) in [6.45, 7) is 7.32. The van der Waals surface area contributed by atoms with Crippen molar-refractivity contribution in [2.24, 2.45) is 0 Å². The Hall–Kier alpha value is -1.96. The Labute approximate surface area is 116 Å². The Bertz CT molecular complexity index is 494. The summed E-state index contributed by atoms with van der Waals surface area (Å²) in [5, 5.41) is 3.51. The molecule has 0 amide bonds. The number of para-hydroxylation sites is 2. The van der Waals surface area contributed by atoms with Crippen LogP contribution in [0.1, 0.15) is 12.5 Å². The van der Waals surface area contributed by atoms with Crippen molar-refractivity contribution in [3.8, 4) is 0 Å². The van der Waals surface area contributed by atoms with Gasteiger partial charge in [0.1, 0.15) is 0 Å². The molecule has 0 fully saturated rings. The zero-order valence-corrected chi connectivity index (χ0v) is 11.8. The van der Waals surface area contributed by atoms with Gasteiger partial charge in [-0.3, -0.25) is 0 Å². The second kappa shape index (κ2) is 6.83. The summed E-state index contributed by atoms with van der Waals surface area (Å²) in [7, 11) is 0. The van der Waals surface area contributed by atoms with E-state index in [0.29, 0.717) is 0 Å². The van der Waals surface area contributed by atoms with Crippen LogP contribution in [0.25, 0.3) is 0 Å². The molecule has 2 aromatic carbocycles. The summed E-state index contributed by atoms with van der Waals surface area (Å²) in [6.07, 6.45) is 0. The van der Waals surface area contributed by atoms with E-state index in [1.54, 1.807) is 0 Å². The van der Waals surface area contributed by atoms with Crippen LogP contribution in [0.3, 0.4) is 0 Å². The van der Waals surface area contributed by atoms with Gasteiger partial charge in [0, 0.05) is 31.0 Å². The SMILES string of the molecule is CCN(CCNc1ccccc1C)c1ccccc1. The maximum atomic E-state index is 3.51. The molecule has 0 bridgehead atoms. The van der Waals surface area contributed by atoms with Gasteiger partial charge in [-0.25, -0.2) is 0 Å². The average Bonchev–Trinajstić information content (AvgIpc) is 2.46. The highest BCUT2D eigenvalue weighted by molar-refractivity contribution is 5.51. The van der Waals surface area contributed by atoms with Gasteiger partial charge in [-0.2, -0.15) is 0 Å². The molecule has 0 heterocycles. The first kappa shape index (κ1) is 13.5. The number of likely N-dealkylation sites (N-methyl/N-ethyl adjacent to an activating group) is 1. The zero-order chi connectivity index (χ0) is 13.5. The van der Waals surface area contributed by atoms with E-state index in [-0.39, 0.29) is 0 Å². The minimum Gasteiger partial charge on any atom is -0.383 e. The lowest BCUT2D eigenvalue weighted by atomic mass is 10.2. The van der Waals surface area contributed by atoms with Crippen molar-refractivity contribution in [3.63, 3.8) is 0 Å². The maximum Gasteiger partial charge on any atom is 0.0370 e. The van der Waals surface area contributed by atoms with Gasteiger partial charge in [0.05, 0.1) is 0 Å². The molecule has 19 heavy (non-hydrogen) atoms. The Morgan fingerprint density at radius 3 is 2.32 bits per heavy atom. The third-order valence-corrected chi connectivity index (χ3v) is 3.35. The van der Waals surface area contributed by atoms with Crippen LogP contribution >= 0.6 is 0 Å². The molecule has 1 N–H and O–H groups in total. The van der Waals surface area contributed by atoms with Crippen molar-refractivity contribution in [1.82, 2.24) is 0 Å². The lowest BCUT2D eigenvalue weighted by molar-refractivity contribution is 0.835. The van der Waals surface area contributed by atoms with E-state index >= 15 is 0 Å². The number of anilines is 2. The van der Waals surface area contributed by atoms with Crippen LogP contribution in [0, 0.1) is 6.92 Å². The molecule has 0 saturated heterocycles. The first-order valence-electron chi connectivity index (χ1n) is 6.90. The Kier molecular flexibility index (Phi) is 4.85. The molecular weight excluding hydrogens is 232 g/mol. The largest absolute Gasteiger partial charge is 0.383 e. The van der Waals surface area contributed by atoms with Crippen LogP contribution in [-0.4, -0.2) is 19.6 Å². The number of nitrogens with zero attached hydrogens (tertiary/aromatic N) is 1. The molecule has 2 nitrogen and oxygen atoms in total. The number of aryl methyl sites for hydroxylation is 1. The van der Waals surface area contributed by atoms with Gasteiger partial charge in [0.15, 0.2) is 0 Å². The summed E-state index contributed by atoms with van der Waals surface area (Å²) < 4.78 is 0. The second-order valence-electron chi connectivity index (χ2n) is 4.66. The van der Waals surface area contributed by atoms with Crippen LogP contribution in [0.15, 0.2) is 54.6 Å². The summed E-state index contributed by atoms with van der Waals surface area (Å²) >= 11 is 0. The van der Waals surface area contributed by atoms with Gasteiger partial charge in [-0.15, -0.1) is 0 Å². The Morgan fingerprint density at radius 1 is 0.947 bits per heavy atom. The van der Waals surface area contributed by atoms with E-state index in [2.05, 4.69) is 78.7 Å². The van der Waals surface area contributed by atoms with E-state index in [9.17, 15) is 0 Å². The number of hydrogen-bond donors (Lipinski definition) is 1. The van der Waals surface area contributed by atoms with E-state index < -0.39 is 0 Å². The molecule has 0 atom stereocenters. The number of hydrogen-bond acceptors (Lipinski definition) is 2. The van der Waals surface area contributed by atoms with Crippen molar-refractivity contribution in [3.05, 3.63) is 60.2 Å². The van der Waals surface area contributed by atoms with Gasteiger partial charge in [0.2, 0.25) is 0 Å². The highest BCUT2D eigenvalue weighted by Crippen LogP contribution is 2.14. The Morgan fingerprint density at radius 2 is 1.63 bits per heavy atom. The lowest BCUT2D eigenvalue weighted by Gasteiger charge is -2.23. The number of nitrogens with one attached hydrogen (secondary N) is 1. The molecule has 2 heteroatoms. The molecule has 0 aromatic heterocycles. The molecule has 0 saturated carbocycles. The molecular formula is C17H22N2. The van der Waals surface area contributed by atoms with Gasteiger partial charge >= 0.3 is 0 Å². The molecule has 2 aromatic rings. The molecule has 0 aliphatic rings. The first-order valence-corrected chi connectivity index (χ1v) is 6.90. The number of benzene rings is 2. The van der Waals surface area contributed by atoms with E-state index in [4.69, 9.17) is 0 Å². The van der Waals surface area contributed by atoms with Crippen LogP contribution < -0.4 is 10.2 Å². The van der Waals surface area contributed by atoms with Crippen molar-refractivity contribution >= 4 is 11.4 Å². The van der Waals surface area contributed by atoms with Crippen LogP contribution in [0.2, 0.25) is 0 Å². The lowest BCUT2D eigenvalue weighted by Crippen LogP contribution is -2.28. The maximum absolute atomic E-state index is 3.51. The topological polar surface area (TPSA) is 15.3 Å². The molecule has 0 unspecified atom stereocenters. The first-order chi connectivity index (χ1) is 9.31. The smallest absolute Gasteiger partial charge is 0.0370 e. The predicted octanol–water partition coefficient (Wildman–Crippen LogP) is 3.93. The fraction of sp³-hybridized carbons (Fsp3) is 0.294. The Balaban J connectivity index is 1.89. The van der Waals surface area contributed by atoms with Gasteiger partial charge in [-0.05, 0) is 37.6 Å². The molecule has 0 aliphatic carbocycles. The zero-order valence-electron chi connectivity index (χ0n) is 11.8. The highest BCUT2D eigenvalue weighted by Gasteiger charge is 2.03. The van der Waals surface area contributed by atoms with Crippen LogP contribution in [0.5, 0.6) is 0 Å². The molecule has 100 valence electrons. The summed E-state index contributed by atoms with van der Waals surface area (Å²) in [4.78, 5) is 2.38. The predicted molar refractivity (Wildman–Crippen MR) is 84.0 cm³/mol. The normalized spacial score (nSPS) is 10.2. The van der Waals surface area contributed by atoms with Crippen LogP contribution in [0.4, 0.5) is 11.4 Å². The van der Waals surface area contributed by atoms with E-state index in [1.807, 2.05) is 0 Å². The van der Waals surface area contributed by atoms with Crippen molar-refractivity contribution in [2.75, 3.05) is 29.9 Å². The van der Waals surface area contributed by atoms with Gasteiger partial charge in [-0.1, -0.05) is 36.4 Å². The second-order valence-corrected chi connectivity index (χ2v) is 4.66. The summed E-state index contributed by atoms with van der Waals surface area (Å²) in [6, 6.07) is 19.0. The molecule has 0 radical (unpaired) electrons. The fourth-order valence-electron chi connectivity index (χ4n) is 2.21. The van der Waals surface area contributed by atoms with Crippen molar-refractivity contribution in [2.45, 2.75) is 13.8 Å². The minimum atomic E-state index is 0.952. The number of rotatable bonds is 6. The quantitative estimate of drug-likeness (QED) is 0.840. The molecule has 0 spiro atoms. The fourth-order valence-corrected chi connectivity index (χ4v) is 2.21. The minimum absolute atomic E-state index is 0.952. The van der Waals surface area contributed by atoms with Crippen LogP contribution in [-0.2, 0) is 0 Å². The van der Waals surface area contributed by atoms with Crippen molar-refractivity contribution in [1.29, 1.82) is 0 Å². The van der Waals surface area contributed by atoms with Crippen molar-refractivity contribution < 1.29 is 0 Å². The average molecular weight is 254 g/mol. The highest BCUT2D eigenvalue weighted by atomic mass is 15.1. The third-order valence-electron chi connectivity index (χ3n) is 3.35. The molecule has 2 rings (SSSR count). The molecule has 0 aliphatic heterocycles. The summed E-state index contributed by atoms with van der Waals surface area (Å²) in [5.41, 5.74) is 3.81. The van der Waals surface area contributed by atoms with Gasteiger partial charge in [0.25, 0.3) is 0 Å².